The number of benzene rings is 1. The van der Waals surface area contributed by atoms with E-state index in [1.54, 1.807) is 39.7 Å². The molecule has 0 saturated carbocycles. The second-order valence-corrected chi connectivity index (χ2v) is 10.6. The van der Waals surface area contributed by atoms with E-state index >= 15 is 0 Å². The Morgan fingerprint density at radius 2 is 1.58 bits per heavy atom. The summed E-state index contributed by atoms with van der Waals surface area (Å²) in [6.07, 6.45) is -0.178. The molecule has 2 aliphatic rings. The quantitative estimate of drug-likeness (QED) is 0.517. The summed E-state index contributed by atoms with van der Waals surface area (Å²) in [5.41, 5.74) is 0.611. The lowest BCUT2D eigenvalue weighted by atomic mass is 9.85. The molecule has 2 N–H and O–H groups in total. The summed E-state index contributed by atoms with van der Waals surface area (Å²) in [6.45, 7) is 13.1. The van der Waals surface area contributed by atoms with E-state index in [0.717, 1.165) is 0 Å². The van der Waals surface area contributed by atoms with Gasteiger partial charge in [-0.25, -0.2) is 4.79 Å². The van der Waals surface area contributed by atoms with Crippen LogP contribution in [0.5, 0.6) is 17.2 Å². The van der Waals surface area contributed by atoms with Crippen molar-refractivity contribution in [3.8, 4) is 17.2 Å². The number of ether oxygens (including phenoxy) is 4. The Balaban J connectivity index is 2.04. The van der Waals surface area contributed by atoms with Crippen LogP contribution >= 0.6 is 0 Å². The van der Waals surface area contributed by atoms with Crippen molar-refractivity contribution in [1.29, 1.82) is 0 Å². The molecule has 2 aliphatic heterocycles. The summed E-state index contributed by atoms with van der Waals surface area (Å²) in [5.74, 6) is 0.418. The molecular weight excluding hydrogens is 428 g/mol. The SMILES string of the molecule is COc1c(C)c(OC)c2c(c1O)[C@H]([C@@H]1CN1C(=O)OC(C)(C)C)N[C@H](C(=O)OC(C)(C)C)C2. The minimum atomic E-state index is -0.677. The molecule has 3 atom stereocenters. The van der Waals surface area contributed by atoms with Crippen molar-refractivity contribution >= 4 is 12.1 Å². The highest BCUT2D eigenvalue weighted by Gasteiger charge is 2.51. The fourth-order valence-electron chi connectivity index (χ4n) is 4.32. The van der Waals surface area contributed by atoms with Gasteiger partial charge in [-0.15, -0.1) is 0 Å². The number of amides is 1. The topological polar surface area (TPSA) is 106 Å². The van der Waals surface area contributed by atoms with E-state index in [1.165, 1.54) is 7.11 Å². The van der Waals surface area contributed by atoms with Gasteiger partial charge in [0, 0.05) is 29.7 Å². The van der Waals surface area contributed by atoms with Crippen molar-refractivity contribution in [3.05, 3.63) is 16.7 Å². The van der Waals surface area contributed by atoms with Crippen molar-refractivity contribution in [1.82, 2.24) is 10.2 Å². The van der Waals surface area contributed by atoms with Gasteiger partial charge in [0.05, 0.1) is 26.3 Å². The van der Waals surface area contributed by atoms with E-state index in [4.69, 9.17) is 18.9 Å². The predicted octanol–water partition coefficient (Wildman–Crippen LogP) is 3.23. The second kappa shape index (κ2) is 8.59. The number of hydrogen-bond acceptors (Lipinski definition) is 8. The number of carbonyl (C=O) groups is 2. The summed E-state index contributed by atoms with van der Waals surface area (Å²) >= 11 is 0. The zero-order valence-electron chi connectivity index (χ0n) is 21.0. The Labute approximate surface area is 195 Å². The summed E-state index contributed by atoms with van der Waals surface area (Å²) in [5, 5.41) is 14.4. The average molecular weight is 465 g/mol. The average Bonchev–Trinajstić information content (AvgIpc) is 3.46. The Morgan fingerprint density at radius 1 is 1.00 bits per heavy atom. The zero-order valence-corrected chi connectivity index (χ0v) is 21.0. The van der Waals surface area contributed by atoms with Crippen molar-refractivity contribution in [2.75, 3.05) is 20.8 Å². The first kappa shape index (κ1) is 25.0. The maximum Gasteiger partial charge on any atom is 0.410 e. The second-order valence-electron chi connectivity index (χ2n) is 10.6. The molecule has 0 spiro atoms. The van der Waals surface area contributed by atoms with Crippen LogP contribution in [0.15, 0.2) is 0 Å². The molecule has 9 heteroatoms. The number of nitrogens with one attached hydrogen (secondary N) is 1. The summed E-state index contributed by atoms with van der Waals surface area (Å²) in [4.78, 5) is 27.2. The van der Waals surface area contributed by atoms with Crippen LogP contribution in [0.25, 0.3) is 0 Å². The zero-order chi connectivity index (χ0) is 24.9. The number of phenols is 1. The maximum atomic E-state index is 13.0. The lowest BCUT2D eigenvalue weighted by molar-refractivity contribution is -0.158. The van der Waals surface area contributed by atoms with Gasteiger partial charge < -0.3 is 24.1 Å². The van der Waals surface area contributed by atoms with Crippen LogP contribution in [0.4, 0.5) is 4.79 Å². The highest BCUT2D eigenvalue weighted by Crippen LogP contribution is 2.50. The first-order valence-corrected chi connectivity index (χ1v) is 11.1. The lowest BCUT2D eigenvalue weighted by Crippen LogP contribution is -2.49. The molecule has 0 aliphatic carbocycles. The molecule has 0 aromatic heterocycles. The molecule has 33 heavy (non-hydrogen) atoms. The molecule has 0 bridgehead atoms. The van der Waals surface area contributed by atoms with Crippen LogP contribution < -0.4 is 14.8 Å². The third kappa shape index (κ3) is 5.13. The van der Waals surface area contributed by atoms with E-state index in [0.29, 0.717) is 34.7 Å². The van der Waals surface area contributed by atoms with E-state index in [1.807, 2.05) is 20.8 Å². The first-order valence-electron chi connectivity index (χ1n) is 11.1. The van der Waals surface area contributed by atoms with Crippen molar-refractivity contribution in [3.63, 3.8) is 0 Å². The molecule has 1 amide bonds. The normalized spacial score (nSPS) is 22.3. The monoisotopic (exact) mass is 464 g/mol. The van der Waals surface area contributed by atoms with Crippen LogP contribution in [-0.4, -0.2) is 66.1 Å². The van der Waals surface area contributed by atoms with E-state index in [-0.39, 0.29) is 18.2 Å². The van der Waals surface area contributed by atoms with Crippen molar-refractivity contribution in [2.45, 2.75) is 84.2 Å². The van der Waals surface area contributed by atoms with Crippen LogP contribution in [0, 0.1) is 6.92 Å². The van der Waals surface area contributed by atoms with Gasteiger partial charge >= 0.3 is 12.1 Å². The molecule has 0 unspecified atom stereocenters. The number of rotatable bonds is 4. The minimum absolute atomic E-state index is 0.0259. The number of methoxy groups -OCH3 is 2. The van der Waals surface area contributed by atoms with Crippen LogP contribution in [0.3, 0.4) is 0 Å². The Kier molecular flexibility index (Phi) is 6.50. The fraction of sp³-hybridized carbons (Fsp3) is 0.667. The van der Waals surface area contributed by atoms with Gasteiger partial charge in [-0.1, -0.05) is 0 Å². The third-order valence-corrected chi connectivity index (χ3v) is 5.61. The molecular formula is C24H36N2O7. The van der Waals surface area contributed by atoms with Crippen molar-refractivity contribution < 1.29 is 33.6 Å². The molecule has 1 aromatic carbocycles. The number of esters is 1. The lowest BCUT2D eigenvalue weighted by Gasteiger charge is -2.35. The summed E-state index contributed by atoms with van der Waals surface area (Å²) in [6, 6.07) is -1.53. The molecule has 2 heterocycles. The summed E-state index contributed by atoms with van der Waals surface area (Å²) in [7, 11) is 3.02. The number of hydrogen-bond donors (Lipinski definition) is 2. The van der Waals surface area contributed by atoms with Gasteiger partial charge in [-0.3, -0.25) is 15.0 Å². The minimum Gasteiger partial charge on any atom is -0.504 e. The number of phenolic OH excluding ortho intramolecular Hbond substituents is 1. The van der Waals surface area contributed by atoms with E-state index < -0.39 is 35.3 Å². The van der Waals surface area contributed by atoms with Crippen molar-refractivity contribution in [2.24, 2.45) is 0 Å². The van der Waals surface area contributed by atoms with Gasteiger partial charge in [0.2, 0.25) is 0 Å². The standard InChI is InChI=1S/C24H36N2O7/c1-12-19(30-8)13-10-14(21(28)32-23(2,3)4)25-17(16(13)18(27)20(12)31-9)15-11-26(15)22(29)33-24(5,6)7/h14-15,17,25,27H,10-11H2,1-9H3/t14-,15-,17-,26?/m0/s1. The largest absolute Gasteiger partial charge is 0.504 e. The molecule has 1 saturated heterocycles. The molecule has 1 aromatic rings. The fourth-order valence-corrected chi connectivity index (χ4v) is 4.32. The first-order chi connectivity index (χ1) is 15.2. The Morgan fingerprint density at radius 3 is 2.09 bits per heavy atom. The number of nitrogens with zero attached hydrogens (tertiary/aromatic N) is 1. The maximum absolute atomic E-state index is 13.0. The van der Waals surface area contributed by atoms with Gasteiger partial charge in [-0.2, -0.15) is 0 Å². The Bertz CT molecular complexity index is 946. The highest BCUT2D eigenvalue weighted by atomic mass is 16.6. The van der Waals surface area contributed by atoms with Crippen LogP contribution in [-0.2, 0) is 20.7 Å². The molecule has 1 fully saturated rings. The Hall–Kier alpha value is -2.68. The van der Waals surface area contributed by atoms with Gasteiger partial charge in [-0.05, 0) is 48.5 Å². The highest BCUT2D eigenvalue weighted by molar-refractivity contribution is 5.79. The molecule has 9 nitrogen and oxygen atoms in total. The van der Waals surface area contributed by atoms with Crippen LogP contribution in [0.2, 0.25) is 0 Å². The number of carbonyl (C=O) groups excluding carboxylic acids is 2. The number of aromatic hydroxyl groups is 1. The molecule has 3 rings (SSSR count). The molecule has 184 valence electrons. The van der Waals surface area contributed by atoms with Gasteiger partial charge in [0.1, 0.15) is 23.0 Å². The summed E-state index contributed by atoms with van der Waals surface area (Å²) < 4.78 is 22.3. The third-order valence-electron chi connectivity index (χ3n) is 5.61. The van der Waals surface area contributed by atoms with Crippen LogP contribution in [0.1, 0.15) is 64.3 Å². The number of fused-ring (bicyclic) bond motifs is 1. The molecule has 0 radical (unpaired) electrons. The van der Waals surface area contributed by atoms with E-state index in [9.17, 15) is 14.7 Å². The van der Waals surface area contributed by atoms with E-state index in [2.05, 4.69) is 5.32 Å². The van der Waals surface area contributed by atoms with Gasteiger partial charge in [0.25, 0.3) is 0 Å². The van der Waals surface area contributed by atoms with Gasteiger partial charge in [0.15, 0.2) is 11.5 Å². The predicted molar refractivity (Wildman–Crippen MR) is 122 cm³/mol. The smallest absolute Gasteiger partial charge is 0.410 e.